The molecule has 3 N–H and O–H groups in total. The number of hydrogen-bond acceptors (Lipinski definition) is 2. The van der Waals surface area contributed by atoms with Crippen molar-refractivity contribution in [1.82, 2.24) is 0 Å². The SMILES string of the molecule is [13CH3][13CH]([13CH3])[13CH2][13C@@H]([15NH2])[13C](=O)O. The molecule has 0 aliphatic carbocycles. The summed E-state index contributed by atoms with van der Waals surface area (Å²) in [6.45, 7) is 3.89. The van der Waals surface area contributed by atoms with Crippen molar-refractivity contribution in [3.05, 3.63) is 0 Å². The highest BCUT2D eigenvalue weighted by Crippen LogP contribution is 2.01. The third-order valence-corrected chi connectivity index (χ3v) is 1.04. The first kappa shape index (κ1) is 8.43. The van der Waals surface area contributed by atoms with Gasteiger partial charge in [0.2, 0.25) is 0 Å². The summed E-state index contributed by atoms with van der Waals surface area (Å²) in [6.07, 6.45) is 0.551. The zero-order valence-electron chi connectivity index (χ0n) is 5.79. The lowest BCUT2D eigenvalue weighted by atomic mass is 11.0. The number of rotatable bonds is 3. The molecule has 0 amide bonds. The number of carboxylic acid groups (broad SMARTS) is 1. The zero-order valence-corrected chi connectivity index (χ0v) is 5.79. The molecule has 0 heterocycles. The summed E-state index contributed by atoms with van der Waals surface area (Å²) in [5.41, 5.74) is 5.22. The molecule has 0 saturated carbocycles. The van der Waals surface area contributed by atoms with Crippen molar-refractivity contribution in [2.75, 3.05) is 0 Å². The molecule has 3 nitrogen and oxygen atoms in total. The second-order valence-corrected chi connectivity index (χ2v) is 2.57. The highest BCUT2D eigenvalue weighted by atomic mass is 16.5. The summed E-state index contributed by atoms with van der Waals surface area (Å²) >= 11 is 0. The quantitative estimate of drug-likeness (QED) is 0.439. The predicted octanol–water partition coefficient (Wildman–Crippen LogP) is 0.444. The minimum Gasteiger partial charge on any atom is -0.480 e. The first-order valence-corrected chi connectivity index (χ1v) is 3.02. The van der Waals surface area contributed by atoms with E-state index >= 15 is 0 Å². The van der Waals surface area contributed by atoms with Crippen LogP contribution < -0.4 is 5.73 Å². The average molecular weight is 138 g/mol. The maximum Gasteiger partial charge on any atom is 0.320 e. The summed E-state index contributed by atoms with van der Waals surface area (Å²) < 4.78 is 0. The summed E-state index contributed by atoms with van der Waals surface area (Å²) in [7, 11) is 0. The van der Waals surface area contributed by atoms with E-state index in [1.165, 1.54) is 0 Å². The Morgan fingerprint density at radius 2 is 2.11 bits per heavy atom. The van der Waals surface area contributed by atoms with Crippen molar-refractivity contribution in [3.63, 3.8) is 0 Å². The van der Waals surface area contributed by atoms with E-state index in [4.69, 9.17) is 10.8 Å². The molecule has 0 spiro atoms. The first-order valence-electron chi connectivity index (χ1n) is 3.02. The fourth-order valence-corrected chi connectivity index (χ4v) is 0.609. The Morgan fingerprint density at radius 3 is 2.22 bits per heavy atom. The van der Waals surface area contributed by atoms with Crippen LogP contribution in [0.5, 0.6) is 0 Å². The molecule has 54 valence electrons. The fraction of sp³-hybridized carbons (Fsp3) is 0.833. The molecule has 0 aromatic heterocycles. The standard InChI is InChI=1S/C6H13NO2/c1-4(2)3-5(7)6(8)9/h4-5H,3,7H2,1-2H3,(H,8,9)/t5-/m1/s1/i1+1,2+1,3+1,4+1,5+1,6+1,7+1. The lowest BCUT2D eigenvalue weighted by molar-refractivity contribution is -0.138. The van der Waals surface area contributed by atoms with Gasteiger partial charge >= 0.3 is 5.97 Å². The van der Waals surface area contributed by atoms with Crippen molar-refractivity contribution < 1.29 is 9.90 Å². The molecule has 0 fully saturated rings. The van der Waals surface area contributed by atoms with Gasteiger partial charge in [0.15, 0.2) is 0 Å². The molecule has 0 bridgehead atoms. The van der Waals surface area contributed by atoms with Gasteiger partial charge in [0.05, 0.1) is 0 Å². The third-order valence-electron chi connectivity index (χ3n) is 1.04. The molecule has 0 aromatic carbocycles. The topological polar surface area (TPSA) is 63.3 Å². The van der Waals surface area contributed by atoms with E-state index < -0.39 is 12.0 Å². The second kappa shape index (κ2) is 3.45. The smallest absolute Gasteiger partial charge is 0.320 e. The summed E-state index contributed by atoms with van der Waals surface area (Å²) in [5.74, 6) is -0.556. The van der Waals surface area contributed by atoms with E-state index in [1.807, 2.05) is 13.8 Å². The van der Waals surface area contributed by atoms with Crippen molar-refractivity contribution in [2.45, 2.75) is 26.3 Å². The molecular formula is C6H13NO2. The molecule has 0 aromatic rings. The van der Waals surface area contributed by atoms with Crippen molar-refractivity contribution in [3.8, 4) is 0 Å². The highest BCUT2D eigenvalue weighted by molar-refractivity contribution is 5.72. The van der Waals surface area contributed by atoms with Crippen LogP contribution in [0.3, 0.4) is 0 Å². The van der Waals surface area contributed by atoms with Crippen LogP contribution in [0.4, 0.5) is 0 Å². The molecule has 0 rings (SSSR count). The molecule has 0 saturated heterocycles. The van der Waals surface area contributed by atoms with Gasteiger partial charge in [-0.2, -0.15) is 0 Å². The van der Waals surface area contributed by atoms with Gasteiger partial charge in [0.1, 0.15) is 6.04 Å². The lowest BCUT2D eigenvalue weighted by Gasteiger charge is -2.07. The molecule has 0 unspecified atom stereocenters. The molecular weight excluding hydrogens is 125 g/mol. The molecule has 3 heteroatoms. The number of aliphatic carboxylic acids is 1. The number of carboxylic acids is 1. The maximum absolute atomic E-state index is 10.1. The summed E-state index contributed by atoms with van der Waals surface area (Å²) in [4.78, 5) is 10.1. The molecule has 0 aliphatic rings. The van der Waals surface area contributed by atoms with Gasteiger partial charge < -0.3 is 10.8 Å². The summed E-state index contributed by atoms with van der Waals surface area (Å²) in [5, 5.41) is 8.31. The highest BCUT2D eigenvalue weighted by Gasteiger charge is 2.11. The number of carbonyl (C=O) groups is 1. The Kier molecular flexibility index (Phi) is 3.24. The largest absolute Gasteiger partial charge is 0.480 e. The van der Waals surface area contributed by atoms with Gasteiger partial charge in [-0.1, -0.05) is 13.8 Å². The molecule has 0 aliphatic heterocycles. The van der Waals surface area contributed by atoms with Gasteiger partial charge in [-0.15, -0.1) is 0 Å². The fourth-order valence-electron chi connectivity index (χ4n) is 0.609. The molecule has 0 radical (unpaired) electrons. The first-order chi connectivity index (χ1) is 4.04. The lowest BCUT2D eigenvalue weighted by Crippen LogP contribution is -2.31. The van der Waals surface area contributed by atoms with Crippen LogP contribution in [-0.4, -0.2) is 17.1 Å². The van der Waals surface area contributed by atoms with Crippen LogP contribution in [0.15, 0.2) is 0 Å². The normalized spacial score (nSPS) is 13.8. The Morgan fingerprint density at radius 1 is 1.67 bits per heavy atom. The Bertz CT molecular complexity index is 101. The molecule has 9 heavy (non-hydrogen) atoms. The van der Waals surface area contributed by atoms with Gasteiger partial charge in [-0.3, -0.25) is 4.79 Å². The van der Waals surface area contributed by atoms with Gasteiger partial charge in [0, 0.05) is 0 Å². The van der Waals surface area contributed by atoms with E-state index in [0.29, 0.717) is 12.3 Å². The zero-order chi connectivity index (χ0) is 7.44. The van der Waals surface area contributed by atoms with Crippen LogP contribution in [0, 0.1) is 5.92 Å². The minimum absolute atomic E-state index is 0.357. The Balaban J connectivity index is 3.50. The number of nitrogens with two attached hydrogens (primary N) is 1. The van der Waals surface area contributed by atoms with E-state index in [0.717, 1.165) is 0 Å². The van der Waals surface area contributed by atoms with Crippen molar-refractivity contribution in [1.29, 1.82) is 0 Å². The minimum atomic E-state index is -0.913. The monoisotopic (exact) mass is 138 g/mol. The van der Waals surface area contributed by atoms with Crippen LogP contribution in [-0.2, 0) is 4.79 Å². The Hall–Kier alpha value is -0.570. The molecule has 1 atom stereocenters. The Labute approximate surface area is 54.9 Å². The van der Waals surface area contributed by atoms with Crippen LogP contribution >= 0.6 is 0 Å². The summed E-state index contributed by atoms with van der Waals surface area (Å²) in [6, 6.07) is -0.690. The van der Waals surface area contributed by atoms with Gasteiger partial charge in [0.25, 0.3) is 0 Å². The average Bonchev–Trinajstić information content (AvgIpc) is 1.63. The number of hydrogen-bond donors (Lipinski definition) is 2. The van der Waals surface area contributed by atoms with Crippen molar-refractivity contribution in [2.24, 2.45) is 11.7 Å². The second-order valence-electron chi connectivity index (χ2n) is 2.57. The van der Waals surface area contributed by atoms with Crippen LogP contribution in [0.2, 0.25) is 0 Å². The maximum atomic E-state index is 10.1. The third kappa shape index (κ3) is 3.97. The van der Waals surface area contributed by atoms with E-state index in [-0.39, 0.29) is 0 Å². The van der Waals surface area contributed by atoms with Crippen molar-refractivity contribution >= 4 is 5.97 Å². The van der Waals surface area contributed by atoms with Gasteiger partial charge in [-0.05, 0) is 12.3 Å². The predicted molar refractivity (Wildman–Crippen MR) is 35.1 cm³/mol. The van der Waals surface area contributed by atoms with Crippen LogP contribution in [0.1, 0.15) is 20.3 Å². The van der Waals surface area contributed by atoms with E-state index in [2.05, 4.69) is 0 Å². The van der Waals surface area contributed by atoms with Gasteiger partial charge in [-0.25, -0.2) is 0 Å². The van der Waals surface area contributed by atoms with E-state index in [9.17, 15) is 4.79 Å². The van der Waals surface area contributed by atoms with Crippen LogP contribution in [0.25, 0.3) is 0 Å². The van der Waals surface area contributed by atoms with E-state index in [1.54, 1.807) is 0 Å².